The molecule has 0 aliphatic heterocycles. The molecular formula is C18H21NO. The fraction of sp³-hybridized carbons (Fsp3) is 0.222. The van der Waals surface area contributed by atoms with Gasteiger partial charge in [-0.2, -0.15) is 0 Å². The van der Waals surface area contributed by atoms with Crippen molar-refractivity contribution in [2.75, 3.05) is 13.7 Å². The molecule has 2 aromatic rings. The third kappa shape index (κ3) is 5.00. The maximum atomic E-state index is 5.64. The van der Waals surface area contributed by atoms with Crippen LogP contribution in [0.2, 0.25) is 0 Å². The van der Waals surface area contributed by atoms with E-state index >= 15 is 0 Å². The van der Waals surface area contributed by atoms with Crippen LogP contribution in [-0.2, 0) is 17.9 Å². The third-order valence-electron chi connectivity index (χ3n) is 3.00. The van der Waals surface area contributed by atoms with Crippen molar-refractivity contribution >= 4 is 6.08 Å². The Hall–Kier alpha value is -1.90. The van der Waals surface area contributed by atoms with Gasteiger partial charge in [-0.3, -0.25) is 0 Å². The van der Waals surface area contributed by atoms with Gasteiger partial charge < -0.3 is 10.1 Å². The Kier molecular flexibility index (Phi) is 6.03. The minimum atomic E-state index is 0.632. The van der Waals surface area contributed by atoms with Crippen molar-refractivity contribution in [2.24, 2.45) is 0 Å². The van der Waals surface area contributed by atoms with E-state index in [2.05, 4.69) is 47.8 Å². The average molecular weight is 267 g/mol. The SMILES string of the molecule is CNCc1ccc(COCC=Cc2ccccc2)cc1. The second-order valence-corrected chi connectivity index (χ2v) is 4.68. The molecule has 0 radical (unpaired) electrons. The third-order valence-corrected chi connectivity index (χ3v) is 3.00. The molecule has 2 rings (SSSR count). The second-order valence-electron chi connectivity index (χ2n) is 4.68. The molecule has 0 fully saturated rings. The summed E-state index contributed by atoms with van der Waals surface area (Å²) < 4.78 is 5.64. The van der Waals surface area contributed by atoms with Crippen LogP contribution >= 0.6 is 0 Å². The molecule has 2 aromatic carbocycles. The van der Waals surface area contributed by atoms with E-state index in [1.54, 1.807) is 0 Å². The zero-order chi connectivity index (χ0) is 14.0. The summed E-state index contributed by atoms with van der Waals surface area (Å²) in [6, 6.07) is 18.8. The summed E-state index contributed by atoms with van der Waals surface area (Å²) in [5.74, 6) is 0. The van der Waals surface area contributed by atoms with Crippen molar-refractivity contribution in [2.45, 2.75) is 13.2 Å². The van der Waals surface area contributed by atoms with Crippen LogP contribution in [0.15, 0.2) is 60.7 Å². The first-order chi connectivity index (χ1) is 9.88. The summed E-state index contributed by atoms with van der Waals surface area (Å²) in [7, 11) is 1.95. The first kappa shape index (κ1) is 14.5. The van der Waals surface area contributed by atoms with Crippen LogP contribution in [-0.4, -0.2) is 13.7 Å². The molecule has 0 amide bonds. The van der Waals surface area contributed by atoms with Crippen molar-refractivity contribution in [1.29, 1.82) is 0 Å². The molecule has 2 heteroatoms. The molecule has 0 unspecified atom stereocenters. The van der Waals surface area contributed by atoms with Gasteiger partial charge in [0.25, 0.3) is 0 Å². The van der Waals surface area contributed by atoms with Crippen molar-refractivity contribution in [3.63, 3.8) is 0 Å². The van der Waals surface area contributed by atoms with Gasteiger partial charge in [-0.25, -0.2) is 0 Å². The normalized spacial score (nSPS) is 11.1. The molecule has 0 saturated carbocycles. The first-order valence-corrected chi connectivity index (χ1v) is 6.90. The highest BCUT2D eigenvalue weighted by atomic mass is 16.5. The quantitative estimate of drug-likeness (QED) is 0.773. The molecule has 0 heterocycles. The van der Waals surface area contributed by atoms with Gasteiger partial charge in [0.15, 0.2) is 0 Å². The molecule has 0 saturated heterocycles. The van der Waals surface area contributed by atoms with E-state index in [-0.39, 0.29) is 0 Å². The second kappa shape index (κ2) is 8.31. The molecule has 2 nitrogen and oxygen atoms in total. The van der Waals surface area contributed by atoms with Crippen LogP contribution in [0.5, 0.6) is 0 Å². The molecule has 0 aromatic heterocycles. The van der Waals surface area contributed by atoms with Gasteiger partial charge in [-0.05, 0) is 23.7 Å². The lowest BCUT2D eigenvalue weighted by atomic mass is 10.1. The lowest BCUT2D eigenvalue weighted by molar-refractivity contribution is 0.149. The van der Waals surface area contributed by atoms with Gasteiger partial charge in [0.1, 0.15) is 0 Å². The Morgan fingerprint density at radius 1 is 0.950 bits per heavy atom. The first-order valence-electron chi connectivity index (χ1n) is 6.90. The van der Waals surface area contributed by atoms with E-state index in [4.69, 9.17) is 4.74 Å². The average Bonchev–Trinajstić information content (AvgIpc) is 2.50. The Morgan fingerprint density at radius 2 is 1.65 bits per heavy atom. The summed E-state index contributed by atoms with van der Waals surface area (Å²) in [4.78, 5) is 0. The van der Waals surface area contributed by atoms with E-state index in [0.717, 1.165) is 6.54 Å². The summed E-state index contributed by atoms with van der Waals surface area (Å²) in [5.41, 5.74) is 3.70. The molecule has 20 heavy (non-hydrogen) atoms. The standard InChI is InChI=1S/C18H21NO/c1-19-14-17-9-11-18(12-10-17)15-20-13-5-8-16-6-3-2-4-7-16/h2-12,19H,13-15H2,1H3. The maximum Gasteiger partial charge on any atom is 0.0721 e. The van der Waals surface area contributed by atoms with Gasteiger partial charge in [-0.15, -0.1) is 0 Å². The molecule has 104 valence electrons. The zero-order valence-corrected chi connectivity index (χ0v) is 11.9. The van der Waals surface area contributed by atoms with Crippen molar-refractivity contribution in [3.8, 4) is 0 Å². The number of hydrogen-bond donors (Lipinski definition) is 1. The van der Waals surface area contributed by atoms with Crippen LogP contribution in [0, 0.1) is 0 Å². The van der Waals surface area contributed by atoms with Crippen molar-refractivity contribution in [1.82, 2.24) is 5.32 Å². The van der Waals surface area contributed by atoms with E-state index in [1.165, 1.54) is 16.7 Å². The molecule has 0 spiro atoms. The van der Waals surface area contributed by atoms with Crippen molar-refractivity contribution < 1.29 is 4.74 Å². The predicted octanol–water partition coefficient (Wildman–Crippen LogP) is 3.64. The largest absolute Gasteiger partial charge is 0.373 e. The Balaban J connectivity index is 1.72. The highest BCUT2D eigenvalue weighted by Gasteiger charge is 1.94. The topological polar surface area (TPSA) is 21.3 Å². The van der Waals surface area contributed by atoms with Crippen LogP contribution in [0.4, 0.5) is 0 Å². The van der Waals surface area contributed by atoms with Gasteiger partial charge in [0, 0.05) is 6.54 Å². The van der Waals surface area contributed by atoms with Gasteiger partial charge >= 0.3 is 0 Å². The summed E-state index contributed by atoms with van der Waals surface area (Å²) in [5, 5.41) is 3.14. The highest BCUT2D eigenvalue weighted by Crippen LogP contribution is 2.06. The molecule has 0 aliphatic rings. The highest BCUT2D eigenvalue weighted by molar-refractivity contribution is 5.48. The van der Waals surface area contributed by atoms with Crippen LogP contribution in [0.3, 0.4) is 0 Å². The Labute approximate surface area is 121 Å². The van der Waals surface area contributed by atoms with Gasteiger partial charge in [0.2, 0.25) is 0 Å². The predicted molar refractivity (Wildman–Crippen MR) is 84.3 cm³/mol. The van der Waals surface area contributed by atoms with Gasteiger partial charge in [-0.1, -0.05) is 66.7 Å². The number of ether oxygens (including phenoxy) is 1. The molecule has 0 bridgehead atoms. The number of rotatable bonds is 7. The summed E-state index contributed by atoms with van der Waals surface area (Å²) in [6.07, 6.45) is 4.13. The van der Waals surface area contributed by atoms with E-state index < -0.39 is 0 Å². The lowest BCUT2D eigenvalue weighted by Gasteiger charge is -2.04. The Morgan fingerprint density at radius 3 is 2.35 bits per heavy atom. The fourth-order valence-electron chi connectivity index (χ4n) is 1.95. The summed E-state index contributed by atoms with van der Waals surface area (Å²) >= 11 is 0. The summed E-state index contributed by atoms with van der Waals surface area (Å²) in [6.45, 7) is 2.19. The fourth-order valence-corrected chi connectivity index (χ4v) is 1.95. The van der Waals surface area contributed by atoms with Crippen molar-refractivity contribution in [3.05, 3.63) is 77.4 Å². The van der Waals surface area contributed by atoms with E-state index in [9.17, 15) is 0 Å². The smallest absolute Gasteiger partial charge is 0.0721 e. The Bertz CT molecular complexity index is 517. The number of hydrogen-bond acceptors (Lipinski definition) is 2. The molecule has 0 aliphatic carbocycles. The molecule has 1 N–H and O–H groups in total. The van der Waals surface area contributed by atoms with Crippen LogP contribution < -0.4 is 5.32 Å². The minimum absolute atomic E-state index is 0.632. The number of nitrogens with one attached hydrogen (secondary N) is 1. The van der Waals surface area contributed by atoms with E-state index in [0.29, 0.717) is 13.2 Å². The van der Waals surface area contributed by atoms with Crippen LogP contribution in [0.25, 0.3) is 6.08 Å². The van der Waals surface area contributed by atoms with Gasteiger partial charge in [0.05, 0.1) is 13.2 Å². The molecule has 0 atom stereocenters. The zero-order valence-electron chi connectivity index (χ0n) is 11.9. The number of benzene rings is 2. The maximum absolute atomic E-state index is 5.64. The minimum Gasteiger partial charge on any atom is -0.373 e. The molecular weight excluding hydrogens is 246 g/mol. The van der Waals surface area contributed by atoms with Crippen LogP contribution in [0.1, 0.15) is 16.7 Å². The monoisotopic (exact) mass is 267 g/mol. The van der Waals surface area contributed by atoms with E-state index in [1.807, 2.05) is 31.3 Å². The lowest BCUT2D eigenvalue weighted by Crippen LogP contribution is -2.04.